The second-order valence-electron chi connectivity index (χ2n) is 13.9. The Kier molecular flexibility index (Phi) is 6.75. The number of esters is 1. The maximum atomic E-state index is 14.2. The Morgan fingerprint density at radius 1 is 1.15 bits per heavy atom. The van der Waals surface area contributed by atoms with Crippen LogP contribution in [0, 0.1) is 40.4 Å². The minimum Gasteiger partial charge on any atom is -0.457 e. The molecule has 6 aliphatic rings. The number of carbonyl (C=O) groups is 3. The van der Waals surface area contributed by atoms with Crippen LogP contribution in [0.15, 0.2) is 23.8 Å². The highest BCUT2D eigenvalue weighted by Gasteiger charge is 2.76. The quantitative estimate of drug-likeness (QED) is 0.505. The lowest BCUT2D eigenvalue weighted by Crippen LogP contribution is -2.63. The Morgan fingerprint density at radius 3 is 2.62 bits per heavy atom. The minimum absolute atomic E-state index is 0.0162. The molecule has 6 rings (SSSR count). The molecule has 0 spiro atoms. The van der Waals surface area contributed by atoms with Gasteiger partial charge in [0.05, 0.1) is 18.1 Å². The number of hydrogen-bond acceptors (Lipinski definition) is 7. The third-order valence-corrected chi connectivity index (χ3v) is 11.5. The summed E-state index contributed by atoms with van der Waals surface area (Å²) in [6, 6.07) is 0. The molecule has 0 aromatic heterocycles. The SMILES string of the molecule is CC(C)C(=O)OCC(=O)[C@]12O[C@H](C3CCCCC3)O[C@@H]1C[C@@H]1[C@H]3CCC4=CC(=O)C=C[C@]4(C)[C@@H]3[C@@H](O)C[C@@]12C. The van der Waals surface area contributed by atoms with E-state index in [2.05, 4.69) is 13.8 Å². The van der Waals surface area contributed by atoms with Gasteiger partial charge in [0.1, 0.15) is 0 Å². The zero-order valence-electron chi connectivity index (χ0n) is 23.8. The number of hydrogen-bond donors (Lipinski definition) is 1. The molecule has 39 heavy (non-hydrogen) atoms. The van der Waals surface area contributed by atoms with Crippen LogP contribution in [-0.4, -0.2) is 53.3 Å². The number of ether oxygens (including phenoxy) is 3. The highest BCUT2D eigenvalue weighted by molar-refractivity contribution is 6.01. The molecule has 0 unspecified atom stereocenters. The van der Waals surface area contributed by atoms with E-state index in [0.29, 0.717) is 12.8 Å². The van der Waals surface area contributed by atoms with Gasteiger partial charge in [0, 0.05) is 22.7 Å². The van der Waals surface area contributed by atoms with Gasteiger partial charge in [0.25, 0.3) is 0 Å². The fraction of sp³-hybridized carbons (Fsp3) is 0.781. The van der Waals surface area contributed by atoms with Gasteiger partial charge in [0.2, 0.25) is 5.78 Å². The molecule has 0 radical (unpaired) electrons. The lowest BCUT2D eigenvalue weighted by Gasteiger charge is -2.59. The molecule has 1 N–H and O–H groups in total. The summed E-state index contributed by atoms with van der Waals surface area (Å²) in [5, 5.41) is 11.9. The van der Waals surface area contributed by atoms with Crippen LogP contribution in [-0.2, 0) is 28.6 Å². The van der Waals surface area contributed by atoms with Crippen molar-refractivity contribution in [3.8, 4) is 0 Å². The number of carbonyl (C=O) groups excluding carboxylic acids is 3. The molecule has 0 aromatic carbocycles. The molecule has 1 aliphatic heterocycles. The molecule has 4 saturated carbocycles. The van der Waals surface area contributed by atoms with Gasteiger partial charge in [-0.15, -0.1) is 0 Å². The Hall–Kier alpha value is -1.83. The average Bonchev–Trinajstić information content (AvgIpc) is 3.41. The molecule has 5 aliphatic carbocycles. The smallest absolute Gasteiger partial charge is 0.308 e. The van der Waals surface area contributed by atoms with Crippen LogP contribution in [0.2, 0.25) is 0 Å². The fourth-order valence-corrected chi connectivity index (χ4v) is 9.62. The summed E-state index contributed by atoms with van der Waals surface area (Å²) >= 11 is 0. The lowest BCUT2D eigenvalue weighted by atomic mass is 9.46. The summed E-state index contributed by atoms with van der Waals surface area (Å²) in [6.45, 7) is 7.44. The van der Waals surface area contributed by atoms with Crippen molar-refractivity contribution in [1.82, 2.24) is 0 Å². The van der Waals surface area contributed by atoms with E-state index in [4.69, 9.17) is 14.2 Å². The van der Waals surface area contributed by atoms with Crippen LogP contribution in [0.3, 0.4) is 0 Å². The molecule has 0 bridgehead atoms. The van der Waals surface area contributed by atoms with E-state index in [1.165, 1.54) is 6.42 Å². The second-order valence-corrected chi connectivity index (χ2v) is 13.9. The zero-order valence-corrected chi connectivity index (χ0v) is 23.8. The average molecular weight is 541 g/mol. The Morgan fingerprint density at radius 2 is 1.90 bits per heavy atom. The van der Waals surface area contributed by atoms with Gasteiger partial charge in [-0.05, 0) is 62.5 Å². The Bertz CT molecular complexity index is 1100. The van der Waals surface area contributed by atoms with Gasteiger partial charge in [-0.2, -0.15) is 0 Å². The third kappa shape index (κ3) is 3.97. The highest BCUT2D eigenvalue weighted by Crippen LogP contribution is 2.70. The summed E-state index contributed by atoms with van der Waals surface area (Å²) in [5.74, 6) is -0.471. The Labute approximate surface area is 231 Å². The van der Waals surface area contributed by atoms with Crippen molar-refractivity contribution < 1.29 is 33.7 Å². The number of fused-ring (bicyclic) bond motifs is 7. The number of rotatable bonds is 5. The first-order valence-corrected chi connectivity index (χ1v) is 15.2. The molecule has 0 aromatic rings. The van der Waals surface area contributed by atoms with Gasteiger partial charge >= 0.3 is 5.97 Å². The van der Waals surface area contributed by atoms with Crippen molar-refractivity contribution in [1.29, 1.82) is 0 Å². The van der Waals surface area contributed by atoms with E-state index in [-0.39, 0.29) is 53.2 Å². The maximum Gasteiger partial charge on any atom is 0.308 e. The number of Topliss-reactive ketones (excluding diaryl/α,β-unsaturated/α-hetero) is 1. The van der Waals surface area contributed by atoms with Gasteiger partial charge in [0.15, 0.2) is 24.3 Å². The van der Waals surface area contributed by atoms with Gasteiger partial charge < -0.3 is 19.3 Å². The van der Waals surface area contributed by atoms with E-state index in [9.17, 15) is 19.5 Å². The van der Waals surface area contributed by atoms with Crippen LogP contribution in [0.25, 0.3) is 0 Å². The van der Waals surface area contributed by atoms with Crippen LogP contribution in [0.4, 0.5) is 0 Å². The minimum atomic E-state index is -1.25. The van der Waals surface area contributed by atoms with Crippen molar-refractivity contribution in [2.24, 2.45) is 40.4 Å². The molecule has 0 amide bonds. The number of aliphatic hydroxyl groups excluding tert-OH is 1. The van der Waals surface area contributed by atoms with Gasteiger partial charge in [-0.1, -0.05) is 58.6 Å². The molecule has 214 valence electrons. The lowest BCUT2D eigenvalue weighted by molar-refractivity contribution is -0.210. The predicted octanol–water partition coefficient (Wildman–Crippen LogP) is 4.70. The van der Waals surface area contributed by atoms with Crippen molar-refractivity contribution >= 4 is 17.5 Å². The normalized spacial score (nSPS) is 45.3. The largest absolute Gasteiger partial charge is 0.457 e. The van der Waals surface area contributed by atoms with Crippen LogP contribution < -0.4 is 0 Å². The molecule has 1 heterocycles. The standard InChI is InChI=1S/C32H44O7/c1-18(2)28(36)37-17-25(35)32-26(38-29(39-32)19-8-6-5-7-9-19)15-23-22-11-10-20-14-21(33)12-13-30(20,3)27(22)24(34)16-31(23,32)4/h12-14,18-19,22-24,26-27,29,34H,5-11,15-17H2,1-4H3/t22-,23-,24+,26-,27+,29-,30+,31+,32+/m1/s1. The van der Waals surface area contributed by atoms with E-state index in [1.54, 1.807) is 26.0 Å². The number of ketones is 2. The molecule has 9 atom stereocenters. The molecule has 7 heteroatoms. The van der Waals surface area contributed by atoms with E-state index in [1.807, 2.05) is 6.08 Å². The molecule has 5 fully saturated rings. The topological polar surface area (TPSA) is 99.1 Å². The first-order valence-electron chi connectivity index (χ1n) is 15.2. The molecule has 1 saturated heterocycles. The number of allylic oxidation sites excluding steroid dienone is 4. The fourth-order valence-electron chi connectivity index (χ4n) is 9.62. The zero-order chi connectivity index (χ0) is 27.7. The first-order chi connectivity index (χ1) is 18.5. The van der Waals surface area contributed by atoms with Crippen molar-refractivity contribution in [2.45, 2.75) is 110 Å². The van der Waals surface area contributed by atoms with Crippen molar-refractivity contribution in [2.75, 3.05) is 6.61 Å². The summed E-state index contributed by atoms with van der Waals surface area (Å²) in [7, 11) is 0. The summed E-state index contributed by atoms with van der Waals surface area (Å²) in [6.07, 6.45) is 12.2. The highest BCUT2D eigenvalue weighted by atomic mass is 16.7. The van der Waals surface area contributed by atoms with Crippen molar-refractivity contribution in [3.05, 3.63) is 23.8 Å². The van der Waals surface area contributed by atoms with E-state index >= 15 is 0 Å². The van der Waals surface area contributed by atoms with Crippen molar-refractivity contribution in [3.63, 3.8) is 0 Å². The van der Waals surface area contributed by atoms with Gasteiger partial charge in [-0.3, -0.25) is 14.4 Å². The summed E-state index contributed by atoms with van der Waals surface area (Å²) in [5.41, 5.74) is -1.19. The van der Waals surface area contributed by atoms with Crippen LogP contribution in [0.5, 0.6) is 0 Å². The summed E-state index contributed by atoms with van der Waals surface area (Å²) in [4.78, 5) is 38.7. The van der Waals surface area contributed by atoms with E-state index < -0.39 is 35.5 Å². The summed E-state index contributed by atoms with van der Waals surface area (Å²) < 4.78 is 19.0. The maximum absolute atomic E-state index is 14.2. The monoisotopic (exact) mass is 540 g/mol. The first kappa shape index (κ1) is 27.3. The van der Waals surface area contributed by atoms with Gasteiger partial charge in [-0.25, -0.2) is 0 Å². The third-order valence-electron chi connectivity index (χ3n) is 11.5. The molecular weight excluding hydrogens is 496 g/mol. The molecule has 7 nitrogen and oxygen atoms in total. The number of aliphatic hydroxyl groups is 1. The van der Waals surface area contributed by atoms with Crippen LogP contribution in [0.1, 0.15) is 85.5 Å². The van der Waals surface area contributed by atoms with E-state index in [0.717, 1.165) is 44.1 Å². The molecular formula is C32H44O7. The predicted molar refractivity (Wildman–Crippen MR) is 143 cm³/mol. The second kappa shape index (κ2) is 9.63. The Balaban J connectivity index is 1.35. The van der Waals surface area contributed by atoms with Crippen LogP contribution >= 0.6 is 0 Å².